The van der Waals surface area contributed by atoms with Gasteiger partial charge in [-0.3, -0.25) is 14.8 Å². The number of benzene rings is 1. The molecule has 1 amide bonds. The number of carbonyl (C=O) groups excluding carboxylic acids is 2. The molecule has 0 aliphatic carbocycles. The third-order valence-electron chi connectivity index (χ3n) is 2.76. The molecule has 0 bridgehead atoms. The summed E-state index contributed by atoms with van der Waals surface area (Å²) in [4.78, 5) is 25.4. The van der Waals surface area contributed by atoms with Gasteiger partial charge in [-0.1, -0.05) is 30.3 Å². The summed E-state index contributed by atoms with van der Waals surface area (Å²) in [6.07, 6.45) is 7.71. The predicted molar refractivity (Wildman–Crippen MR) is 79.6 cm³/mol. The molecule has 2 rings (SSSR count). The van der Waals surface area contributed by atoms with Gasteiger partial charge in [-0.05, 0) is 35.4 Å². The minimum Gasteiger partial charge on any atom is -0.359 e. The van der Waals surface area contributed by atoms with Crippen LogP contribution in [0.5, 0.6) is 0 Å². The van der Waals surface area contributed by atoms with Crippen molar-refractivity contribution in [2.75, 3.05) is 0 Å². The van der Waals surface area contributed by atoms with E-state index in [4.69, 9.17) is 5.21 Å². The van der Waals surface area contributed by atoms with E-state index in [-0.39, 0.29) is 5.78 Å². The van der Waals surface area contributed by atoms with E-state index in [1.165, 1.54) is 17.6 Å². The second kappa shape index (κ2) is 7.02. The second-order valence-corrected chi connectivity index (χ2v) is 4.26. The normalized spacial score (nSPS) is 11.1. The standard InChI is InChI=1S/C16H14N2O3/c19-15(14-2-1-11-17-14)9-7-12-3-5-13(6-4-12)8-10-16(20)18-21/h1-11,17,21H,(H,18,20)/b9-7+,10-8+. The van der Waals surface area contributed by atoms with Crippen molar-refractivity contribution in [3.05, 3.63) is 71.6 Å². The van der Waals surface area contributed by atoms with Gasteiger partial charge in [0.15, 0.2) is 0 Å². The van der Waals surface area contributed by atoms with Crippen LogP contribution in [0.1, 0.15) is 21.6 Å². The molecule has 3 N–H and O–H groups in total. The molecular weight excluding hydrogens is 268 g/mol. The van der Waals surface area contributed by atoms with Gasteiger partial charge in [0, 0.05) is 12.3 Å². The fourth-order valence-corrected chi connectivity index (χ4v) is 1.67. The highest BCUT2D eigenvalue weighted by Crippen LogP contribution is 2.09. The minimum absolute atomic E-state index is 0.0939. The van der Waals surface area contributed by atoms with Crippen molar-refractivity contribution in [1.82, 2.24) is 10.5 Å². The van der Waals surface area contributed by atoms with Crippen LogP contribution in [-0.4, -0.2) is 21.9 Å². The molecule has 0 unspecified atom stereocenters. The van der Waals surface area contributed by atoms with Crippen molar-refractivity contribution in [3.63, 3.8) is 0 Å². The van der Waals surface area contributed by atoms with Crippen LogP contribution in [0.2, 0.25) is 0 Å². The molecule has 21 heavy (non-hydrogen) atoms. The van der Waals surface area contributed by atoms with Crippen molar-refractivity contribution in [3.8, 4) is 0 Å². The molecule has 0 radical (unpaired) electrons. The molecule has 0 aliphatic rings. The molecule has 5 heteroatoms. The van der Waals surface area contributed by atoms with Gasteiger partial charge in [-0.2, -0.15) is 0 Å². The fourth-order valence-electron chi connectivity index (χ4n) is 1.67. The van der Waals surface area contributed by atoms with Gasteiger partial charge in [-0.25, -0.2) is 5.48 Å². The Morgan fingerprint density at radius 1 is 1.00 bits per heavy atom. The fraction of sp³-hybridized carbons (Fsp3) is 0. The number of nitrogens with one attached hydrogen (secondary N) is 2. The number of allylic oxidation sites excluding steroid dienone is 1. The van der Waals surface area contributed by atoms with E-state index < -0.39 is 5.91 Å². The van der Waals surface area contributed by atoms with Crippen molar-refractivity contribution < 1.29 is 14.8 Å². The zero-order valence-corrected chi connectivity index (χ0v) is 11.1. The molecule has 2 aromatic rings. The third-order valence-corrected chi connectivity index (χ3v) is 2.76. The number of carbonyl (C=O) groups is 2. The predicted octanol–water partition coefficient (Wildman–Crippen LogP) is 2.43. The van der Waals surface area contributed by atoms with E-state index in [0.29, 0.717) is 5.69 Å². The molecule has 0 fully saturated rings. The van der Waals surface area contributed by atoms with E-state index in [1.54, 1.807) is 42.6 Å². The van der Waals surface area contributed by atoms with E-state index in [2.05, 4.69) is 4.98 Å². The largest absolute Gasteiger partial charge is 0.359 e. The maximum atomic E-state index is 11.8. The molecule has 0 atom stereocenters. The van der Waals surface area contributed by atoms with Crippen LogP contribution in [0.15, 0.2) is 54.7 Å². The highest BCUT2D eigenvalue weighted by Gasteiger charge is 2.00. The lowest BCUT2D eigenvalue weighted by Crippen LogP contribution is -2.14. The number of hydroxylamine groups is 1. The Hall–Kier alpha value is -2.92. The van der Waals surface area contributed by atoms with E-state index in [1.807, 2.05) is 12.1 Å². The minimum atomic E-state index is -0.587. The van der Waals surface area contributed by atoms with Crippen LogP contribution in [-0.2, 0) is 4.79 Å². The average Bonchev–Trinajstić information content (AvgIpc) is 3.05. The summed E-state index contributed by atoms with van der Waals surface area (Å²) in [5.74, 6) is -0.681. The molecule has 0 saturated heterocycles. The van der Waals surface area contributed by atoms with Crippen LogP contribution in [0.25, 0.3) is 12.2 Å². The first-order valence-corrected chi connectivity index (χ1v) is 6.27. The first kappa shape index (κ1) is 14.5. The van der Waals surface area contributed by atoms with Gasteiger partial charge >= 0.3 is 0 Å². The lowest BCUT2D eigenvalue weighted by atomic mass is 10.1. The van der Waals surface area contributed by atoms with Gasteiger partial charge in [0.25, 0.3) is 5.91 Å². The van der Waals surface area contributed by atoms with Crippen LogP contribution in [0.4, 0.5) is 0 Å². The highest BCUT2D eigenvalue weighted by atomic mass is 16.5. The molecule has 1 heterocycles. The van der Waals surface area contributed by atoms with E-state index in [9.17, 15) is 9.59 Å². The maximum absolute atomic E-state index is 11.8. The van der Waals surface area contributed by atoms with Crippen LogP contribution < -0.4 is 5.48 Å². The molecule has 5 nitrogen and oxygen atoms in total. The number of amides is 1. The smallest absolute Gasteiger partial charge is 0.267 e. The topological polar surface area (TPSA) is 82.2 Å². The second-order valence-electron chi connectivity index (χ2n) is 4.26. The van der Waals surface area contributed by atoms with Crippen molar-refractivity contribution in [2.45, 2.75) is 0 Å². The van der Waals surface area contributed by atoms with Gasteiger partial charge in [0.2, 0.25) is 5.78 Å². The zero-order chi connectivity index (χ0) is 15.1. The number of aromatic nitrogens is 1. The Morgan fingerprint density at radius 2 is 1.62 bits per heavy atom. The van der Waals surface area contributed by atoms with E-state index >= 15 is 0 Å². The maximum Gasteiger partial charge on any atom is 0.267 e. The molecule has 106 valence electrons. The zero-order valence-electron chi connectivity index (χ0n) is 11.1. The Labute approximate surface area is 121 Å². The Morgan fingerprint density at radius 3 is 2.14 bits per heavy atom. The molecule has 0 saturated carbocycles. The number of ketones is 1. The SMILES string of the molecule is O=C(/C=C/c1ccc(/C=C/C(=O)c2ccc[nH]2)cc1)NO. The molecular formula is C16H14N2O3. The third kappa shape index (κ3) is 4.29. The highest BCUT2D eigenvalue weighted by molar-refractivity contribution is 6.05. The van der Waals surface area contributed by atoms with Crippen molar-refractivity contribution in [1.29, 1.82) is 0 Å². The summed E-state index contributed by atoms with van der Waals surface area (Å²) >= 11 is 0. The van der Waals surface area contributed by atoms with Crippen LogP contribution in [0, 0.1) is 0 Å². The van der Waals surface area contributed by atoms with E-state index in [0.717, 1.165) is 11.1 Å². The number of hydrogen-bond acceptors (Lipinski definition) is 3. The number of hydrogen-bond donors (Lipinski definition) is 3. The lowest BCUT2D eigenvalue weighted by molar-refractivity contribution is -0.124. The van der Waals surface area contributed by atoms with Crippen LogP contribution in [0.3, 0.4) is 0 Å². The van der Waals surface area contributed by atoms with Crippen molar-refractivity contribution >= 4 is 23.8 Å². The monoisotopic (exact) mass is 282 g/mol. The van der Waals surface area contributed by atoms with Gasteiger partial charge in [-0.15, -0.1) is 0 Å². The lowest BCUT2D eigenvalue weighted by Gasteiger charge is -1.96. The van der Waals surface area contributed by atoms with Gasteiger partial charge in [0.05, 0.1) is 5.69 Å². The van der Waals surface area contributed by atoms with Crippen LogP contribution >= 0.6 is 0 Å². The summed E-state index contributed by atoms with van der Waals surface area (Å²) in [6, 6.07) is 10.8. The first-order valence-electron chi connectivity index (χ1n) is 6.27. The molecule has 1 aromatic heterocycles. The summed E-state index contributed by atoms with van der Waals surface area (Å²) in [6.45, 7) is 0. The van der Waals surface area contributed by atoms with Crippen molar-refractivity contribution in [2.24, 2.45) is 0 Å². The number of aromatic amines is 1. The quantitative estimate of drug-likeness (QED) is 0.341. The number of rotatable bonds is 5. The number of H-pyrrole nitrogens is 1. The summed E-state index contributed by atoms with van der Waals surface area (Å²) in [7, 11) is 0. The van der Waals surface area contributed by atoms with Gasteiger partial charge in [0.1, 0.15) is 0 Å². The summed E-state index contributed by atoms with van der Waals surface area (Å²) in [5, 5.41) is 8.36. The summed E-state index contributed by atoms with van der Waals surface area (Å²) in [5.41, 5.74) is 3.74. The summed E-state index contributed by atoms with van der Waals surface area (Å²) < 4.78 is 0. The Kier molecular flexibility index (Phi) is 4.84. The Bertz CT molecular complexity index is 668. The molecule has 0 spiro atoms. The van der Waals surface area contributed by atoms with Gasteiger partial charge < -0.3 is 4.98 Å². The Balaban J connectivity index is 2.01. The first-order chi connectivity index (χ1) is 10.2. The molecule has 1 aromatic carbocycles. The molecule has 0 aliphatic heterocycles. The average molecular weight is 282 g/mol.